The van der Waals surface area contributed by atoms with Gasteiger partial charge in [-0.25, -0.2) is 4.98 Å². The van der Waals surface area contributed by atoms with Gasteiger partial charge in [0.05, 0.1) is 4.83 Å². The van der Waals surface area contributed by atoms with Crippen LogP contribution in [0.1, 0.15) is 24.1 Å². The van der Waals surface area contributed by atoms with Crippen molar-refractivity contribution in [3.63, 3.8) is 0 Å². The van der Waals surface area contributed by atoms with Crippen LogP contribution in [0.3, 0.4) is 0 Å². The van der Waals surface area contributed by atoms with Crippen LogP contribution in [0.2, 0.25) is 0 Å². The highest BCUT2D eigenvalue weighted by atomic mass is 79.9. The number of nitrogens with zero attached hydrogens (tertiary/aromatic N) is 4. The number of aromatic amines is 1. The third kappa shape index (κ3) is 1.67. The summed E-state index contributed by atoms with van der Waals surface area (Å²) in [7, 11) is 0. The lowest BCUT2D eigenvalue weighted by Crippen LogP contribution is -1.88. The predicted octanol–water partition coefficient (Wildman–Crippen LogP) is 1.70. The van der Waals surface area contributed by atoms with Crippen LogP contribution in [-0.4, -0.2) is 25.3 Å². The molecule has 0 aromatic carbocycles. The molecular formula is C7H8BrN5O. The standard InChI is InChI=1S/C7H8BrN5O/c1-2-4(8)7-11-6(13-14-7)5-9-3-10-12-5/h3-4H,2H2,1H3,(H,9,10,12). The van der Waals surface area contributed by atoms with Gasteiger partial charge in [0.15, 0.2) is 5.82 Å². The maximum atomic E-state index is 5.05. The molecule has 0 saturated heterocycles. The number of halogens is 1. The zero-order chi connectivity index (χ0) is 9.97. The number of hydrogen-bond acceptors (Lipinski definition) is 5. The molecule has 6 nitrogen and oxygen atoms in total. The summed E-state index contributed by atoms with van der Waals surface area (Å²) in [5, 5.41) is 10.1. The summed E-state index contributed by atoms with van der Waals surface area (Å²) in [5.41, 5.74) is 0. The first kappa shape index (κ1) is 9.32. The zero-order valence-electron chi connectivity index (χ0n) is 7.44. The molecule has 0 saturated carbocycles. The van der Waals surface area contributed by atoms with Gasteiger partial charge in [-0.05, 0) is 6.42 Å². The van der Waals surface area contributed by atoms with E-state index in [4.69, 9.17) is 4.52 Å². The van der Waals surface area contributed by atoms with Crippen molar-refractivity contribution in [2.45, 2.75) is 18.2 Å². The van der Waals surface area contributed by atoms with E-state index >= 15 is 0 Å². The van der Waals surface area contributed by atoms with Gasteiger partial charge in [0, 0.05) is 0 Å². The third-order valence-electron chi connectivity index (χ3n) is 1.69. The van der Waals surface area contributed by atoms with Crippen LogP contribution in [0, 0.1) is 0 Å². The quantitative estimate of drug-likeness (QED) is 0.847. The van der Waals surface area contributed by atoms with Gasteiger partial charge in [0.25, 0.3) is 0 Å². The lowest BCUT2D eigenvalue weighted by Gasteiger charge is -1.95. The fourth-order valence-electron chi connectivity index (χ4n) is 0.946. The van der Waals surface area contributed by atoms with Crippen molar-refractivity contribution in [1.82, 2.24) is 25.3 Å². The van der Waals surface area contributed by atoms with Gasteiger partial charge in [0.1, 0.15) is 6.33 Å². The van der Waals surface area contributed by atoms with Gasteiger partial charge in [0.2, 0.25) is 11.7 Å². The second kappa shape index (κ2) is 3.87. The highest BCUT2D eigenvalue weighted by Gasteiger charge is 2.15. The lowest BCUT2D eigenvalue weighted by molar-refractivity contribution is 0.376. The lowest BCUT2D eigenvalue weighted by atomic mass is 10.3. The highest BCUT2D eigenvalue weighted by Crippen LogP contribution is 2.25. The molecule has 0 spiro atoms. The predicted molar refractivity (Wildman–Crippen MR) is 51.6 cm³/mol. The fourth-order valence-corrected chi connectivity index (χ4v) is 1.13. The van der Waals surface area contributed by atoms with E-state index in [1.54, 1.807) is 0 Å². The molecule has 0 amide bonds. The molecule has 1 N–H and O–H groups in total. The van der Waals surface area contributed by atoms with Crippen molar-refractivity contribution in [1.29, 1.82) is 0 Å². The van der Waals surface area contributed by atoms with E-state index in [0.29, 0.717) is 17.5 Å². The molecule has 1 unspecified atom stereocenters. The van der Waals surface area contributed by atoms with Crippen LogP contribution < -0.4 is 0 Å². The van der Waals surface area contributed by atoms with Gasteiger partial charge in [-0.1, -0.05) is 28.0 Å². The second-order valence-electron chi connectivity index (χ2n) is 2.67. The Balaban J connectivity index is 2.26. The molecule has 2 heterocycles. The molecule has 0 radical (unpaired) electrons. The molecule has 1 atom stereocenters. The molecule has 0 bridgehead atoms. The second-order valence-corrected chi connectivity index (χ2v) is 3.77. The summed E-state index contributed by atoms with van der Waals surface area (Å²) in [4.78, 5) is 8.17. The van der Waals surface area contributed by atoms with E-state index in [9.17, 15) is 0 Å². The average Bonchev–Trinajstić information content (AvgIpc) is 2.86. The Bertz CT molecular complexity index is 398. The Morgan fingerprint density at radius 2 is 2.50 bits per heavy atom. The van der Waals surface area contributed by atoms with Crippen molar-refractivity contribution < 1.29 is 4.52 Å². The van der Waals surface area contributed by atoms with Gasteiger partial charge in [-0.15, -0.1) is 0 Å². The van der Waals surface area contributed by atoms with E-state index in [1.165, 1.54) is 6.33 Å². The maximum Gasteiger partial charge on any atom is 0.240 e. The van der Waals surface area contributed by atoms with Gasteiger partial charge in [-0.3, -0.25) is 5.10 Å². The minimum atomic E-state index is 0.0895. The SMILES string of the molecule is CCC(Br)c1nc(-c2ncn[nH]2)no1. The summed E-state index contributed by atoms with van der Waals surface area (Å²) in [5.74, 6) is 1.49. The molecule has 14 heavy (non-hydrogen) atoms. The van der Waals surface area contributed by atoms with Crippen LogP contribution in [0.4, 0.5) is 0 Å². The van der Waals surface area contributed by atoms with Crippen molar-refractivity contribution in [3.05, 3.63) is 12.2 Å². The highest BCUT2D eigenvalue weighted by molar-refractivity contribution is 9.09. The van der Waals surface area contributed by atoms with Crippen LogP contribution in [-0.2, 0) is 0 Å². The van der Waals surface area contributed by atoms with Gasteiger partial charge >= 0.3 is 0 Å². The maximum absolute atomic E-state index is 5.05. The van der Waals surface area contributed by atoms with Crippen LogP contribution in [0.25, 0.3) is 11.6 Å². The number of rotatable bonds is 3. The number of hydrogen-bond donors (Lipinski definition) is 1. The van der Waals surface area contributed by atoms with E-state index in [1.807, 2.05) is 6.92 Å². The van der Waals surface area contributed by atoms with Crippen LogP contribution in [0.5, 0.6) is 0 Å². The Morgan fingerprint density at radius 3 is 3.14 bits per heavy atom. The molecule has 7 heteroatoms. The molecule has 0 aliphatic rings. The number of aromatic nitrogens is 5. The van der Waals surface area contributed by atoms with E-state index in [2.05, 4.69) is 41.3 Å². The van der Waals surface area contributed by atoms with Gasteiger partial charge in [-0.2, -0.15) is 10.1 Å². The number of nitrogens with one attached hydrogen (secondary N) is 1. The zero-order valence-corrected chi connectivity index (χ0v) is 9.02. The first-order valence-electron chi connectivity index (χ1n) is 4.14. The topological polar surface area (TPSA) is 80.5 Å². The molecule has 2 rings (SSSR count). The summed E-state index contributed by atoms with van der Waals surface area (Å²) >= 11 is 3.42. The largest absolute Gasteiger partial charge is 0.338 e. The van der Waals surface area contributed by atoms with Gasteiger partial charge < -0.3 is 4.52 Å². The number of H-pyrrole nitrogens is 1. The number of alkyl halides is 1. The van der Waals surface area contributed by atoms with Crippen LogP contribution >= 0.6 is 15.9 Å². The monoisotopic (exact) mass is 257 g/mol. The summed E-state index contributed by atoms with van der Waals surface area (Å²) < 4.78 is 5.05. The molecule has 2 aromatic rings. The smallest absolute Gasteiger partial charge is 0.240 e. The van der Waals surface area contributed by atoms with Crippen LogP contribution in [0.15, 0.2) is 10.9 Å². The Morgan fingerprint density at radius 1 is 1.64 bits per heavy atom. The third-order valence-corrected chi connectivity index (χ3v) is 2.73. The van der Waals surface area contributed by atoms with E-state index in [-0.39, 0.29) is 4.83 Å². The van der Waals surface area contributed by atoms with Crippen molar-refractivity contribution >= 4 is 15.9 Å². The summed E-state index contributed by atoms with van der Waals surface area (Å²) in [6.45, 7) is 2.03. The molecule has 0 aliphatic heterocycles. The fraction of sp³-hybridized carbons (Fsp3) is 0.429. The Hall–Kier alpha value is -1.24. The Kier molecular flexibility index (Phi) is 2.58. The van der Waals surface area contributed by atoms with E-state index < -0.39 is 0 Å². The van der Waals surface area contributed by atoms with Crippen molar-refractivity contribution in [2.24, 2.45) is 0 Å². The van der Waals surface area contributed by atoms with Crippen molar-refractivity contribution in [3.8, 4) is 11.6 Å². The summed E-state index contributed by atoms with van der Waals surface area (Å²) in [6.07, 6.45) is 2.29. The Labute approximate surface area is 88.3 Å². The summed E-state index contributed by atoms with van der Waals surface area (Å²) in [6, 6.07) is 0. The first-order valence-corrected chi connectivity index (χ1v) is 5.06. The average molecular weight is 258 g/mol. The first-order chi connectivity index (χ1) is 6.81. The minimum absolute atomic E-state index is 0.0895. The van der Waals surface area contributed by atoms with E-state index in [0.717, 1.165) is 6.42 Å². The molecular weight excluding hydrogens is 250 g/mol. The minimum Gasteiger partial charge on any atom is -0.338 e. The molecule has 74 valence electrons. The molecule has 2 aromatic heterocycles. The van der Waals surface area contributed by atoms with Crippen molar-refractivity contribution in [2.75, 3.05) is 0 Å². The normalized spacial score (nSPS) is 13.0. The molecule has 0 aliphatic carbocycles. The molecule has 0 fully saturated rings.